The number of hydrogen-bond donors (Lipinski definition) is 2. The molecule has 2 amide bonds. The molecular formula is C17H17N3O2S3. The van der Waals surface area contributed by atoms with Crippen molar-refractivity contribution in [3.63, 3.8) is 0 Å². The summed E-state index contributed by atoms with van der Waals surface area (Å²) in [6.07, 6.45) is 0.210. The van der Waals surface area contributed by atoms with E-state index in [1.54, 1.807) is 22.8 Å². The van der Waals surface area contributed by atoms with Crippen LogP contribution in [0.3, 0.4) is 0 Å². The Morgan fingerprint density at radius 2 is 2.08 bits per heavy atom. The van der Waals surface area contributed by atoms with Crippen molar-refractivity contribution in [1.82, 2.24) is 10.3 Å². The Morgan fingerprint density at radius 3 is 2.76 bits per heavy atom. The molecule has 0 aliphatic carbocycles. The molecule has 0 atom stereocenters. The minimum atomic E-state index is -0.162. The number of aromatic nitrogens is 1. The highest BCUT2D eigenvalue weighted by Gasteiger charge is 2.12. The van der Waals surface area contributed by atoms with Gasteiger partial charge in [-0.1, -0.05) is 0 Å². The molecule has 3 aromatic heterocycles. The van der Waals surface area contributed by atoms with Crippen molar-refractivity contribution in [1.29, 1.82) is 0 Å². The fourth-order valence-corrected chi connectivity index (χ4v) is 4.60. The number of amides is 2. The molecule has 0 radical (unpaired) electrons. The van der Waals surface area contributed by atoms with Gasteiger partial charge in [0.1, 0.15) is 0 Å². The Labute approximate surface area is 157 Å². The normalized spacial score (nSPS) is 10.6. The standard InChI is InChI=1S/C17H17N3O2S3/c1-10-7-13(11(2)25-10)14-9-24-17(19-14)20-15(21)3-5-18-16(22)12-4-6-23-8-12/h4,6-9H,3,5H2,1-2H3,(H,18,22)(H,19,20,21). The van der Waals surface area contributed by atoms with Crippen LogP contribution in [0.25, 0.3) is 11.3 Å². The summed E-state index contributed by atoms with van der Waals surface area (Å²) >= 11 is 4.61. The summed E-state index contributed by atoms with van der Waals surface area (Å²) in [7, 11) is 0. The number of thiazole rings is 1. The predicted octanol–water partition coefficient (Wildman–Crippen LogP) is 4.31. The van der Waals surface area contributed by atoms with Gasteiger partial charge < -0.3 is 10.6 Å². The van der Waals surface area contributed by atoms with Crippen LogP contribution in [0, 0.1) is 13.8 Å². The largest absolute Gasteiger partial charge is 0.351 e. The van der Waals surface area contributed by atoms with Crippen LogP contribution in [0.1, 0.15) is 26.5 Å². The molecule has 0 aromatic carbocycles. The van der Waals surface area contributed by atoms with Crippen molar-refractivity contribution in [2.24, 2.45) is 0 Å². The van der Waals surface area contributed by atoms with Gasteiger partial charge in [-0.25, -0.2) is 4.98 Å². The van der Waals surface area contributed by atoms with Crippen molar-refractivity contribution >= 4 is 51.0 Å². The Hall–Kier alpha value is -2.03. The van der Waals surface area contributed by atoms with Gasteiger partial charge in [0.2, 0.25) is 5.91 Å². The quantitative estimate of drug-likeness (QED) is 0.658. The monoisotopic (exact) mass is 391 g/mol. The second-order valence-electron chi connectivity index (χ2n) is 5.43. The number of nitrogens with zero attached hydrogens (tertiary/aromatic N) is 1. The lowest BCUT2D eigenvalue weighted by molar-refractivity contribution is -0.116. The van der Waals surface area contributed by atoms with Crippen molar-refractivity contribution < 1.29 is 9.59 Å². The lowest BCUT2D eigenvalue weighted by Crippen LogP contribution is -2.27. The molecule has 0 aliphatic heterocycles. The number of carbonyl (C=O) groups is 2. The van der Waals surface area contributed by atoms with E-state index in [1.807, 2.05) is 10.8 Å². The van der Waals surface area contributed by atoms with Gasteiger partial charge in [-0.05, 0) is 31.4 Å². The zero-order valence-electron chi connectivity index (χ0n) is 13.8. The fraction of sp³-hybridized carbons (Fsp3) is 0.235. The van der Waals surface area contributed by atoms with Crippen molar-refractivity contribution in [2.45, 2.75) is 20.3 Å². The van der Waals surface area contributed by atoms with E-state index in [1.165, 1.54) is 32.4 Å². The van der Waals surface area contributed by atoms with Gasteiger partial charge in [0, 0.05) is 44.6 Å². The van der Waals surface area contributed by atoms with E-state index in [2.05, 4.69) is 35.5 Å². The number of hydrogen-bond acceptors (Lipinski definition) is 6. The zero-order chi connectivity index (χ0) is 17.8. The molecule has 0 saturated heterocycles. The Balaban J connectivity index is 1.50. The minimum Gasteiger partial charge on any atom is -0.351 e. The van der Waals surface area contributed by atoms with Gasteiger partial charge in [-0.3, -0.25) is 9.59 Å². The van der Waals surface area contributed by atoms with Gasteiger partial charge in [0.15, 0.2) is 5.13 Å². The zero-order valence-corrected chi connectivity index (χ0v) is 16.2. The SMILES string of the molecule is Cc1cc(-c2csc(NC(=O)CCNC(=O)c3ccsc3)n2)c(C)s1. The van der Waals surface area contributed by atoms with E-state index in [9.17, 15) is 9.59 Å². The molecule has 0 unspecified atom stereocenters. The molecule has 3 aromatic rings. The molecule has 0 spiro atoms. The van der Waals surface area contributed by atoms with Crippen LogP contribution in [0.15, 0.2) is 28.3 Å². The van der Waals surface area contributed by atoms with Crippen molar-refractivity contribution in [3.8, 4) is 11.3 Å². The van der Waals surface area contributed by atoms with Gasteiger partial charge in [0.05, 0.1) is 5.69 Å². The Bertz CT molecular complexity index is 881. The van der Waals surface area contributed by atoms with E-state index in [0.29, 0.717) is 17.2 Å². The van der Waals surface area contributed by atoms with E-state index in [4.69, 9.17) is 0 Å². The number of anilines is 1. The highest BCUT2D eigenvalue weighted by molar-refractivity contribution is 7.14. The van der Waals surface area contributed by atoms with Gasteiger partial charge in [0.25, 0.3) is 5.91 Å². The van der Waals surface area contributed by atoms with Crippen LogP contribution in [-0.2, 0) is 4.79 Å². The molecule has 2 N–H and O–H groups in total. The molecule has 0 fully saturated rings. The molecule has 130 valence electrons. The number of thiophene rings is 2. The number of aryl methyl sites for hydroxylation is 2. The predicted molar refractivity (Wildman–Crippen MR) is 105 cm³/mol. The molecule has 5 nitrogen and oxygen atoms in total. The summed E-state index contributed by atoms with van der Waals surface area (Å²) in [5.41, 5.74) is 2.62. The summed E-state index contributed by atoms with van der Waals surface area (Å²) < 4.78 is 0. The lowest BCUT2D eigenvalue weighted by atomic mass is 10.2. The first-order valence-electron chi connectivity index (χ1n) is 7.66. The molecule has 0 saturated carbocycles. The summed E-state index contributed by atoms with van der Waals surface area (Å²) in [4.78, 5) is 30.7. The third-order valence-electron chi connectivity index (χ3n) is 3.49. The molecule has 3 rings (SSSR count). The molecule has 8 heteroatoms. The van der Waals surface area contributed by atoms with Crippen LogP contribution in [0.5, 0.6) is 0 Å². The minimum absolute atomic E-state index is 0.158. The molecule has 0 bridgehead atoms. The van der Waals surface area contributed by atoms with Crippen LogP contribution in [0.2, 0.25) is 0 Å². The van der Waals surface area contributed by atoms with E-state index in [0.717, 1.165) is 11.3 Å². The molecule has 3 heterocycles. The van der Waals surface area contributed by atoms with Gasteiger partial charge >= 0.3 is 0 Å². The summed E-state index contributed by atoms with van der Waals surface area (Å²) in [5.74, 6) is -0.321. The molecular weight excluding hydrogens is 374 g/mol. The van der Waals surface area contributed by atoms with E-state index in [-0.39, 0.29) is 18.2 Å². The second kappa shape index (κ2) is 7.90. The topological polar surface area (TPSA) is 71.1 Å². The first-order valence-corrected chi connectivity index (χ1v) is 10.3. The molecule has 25 heavy (non-hydrogen) atoms. The second-order valence-corrected chi connectivity index (χ2v) is 8.53. The maximum absolute atomic E-state index is 12.0. The molecule has 0 aliphatic rings. The van der Waals surface area contributed by atoms with Crippen LogP contribution < -0.4 is 10.6 Å². The van der Waals surface area contributed by atoms with Crippen LogP contribution in [-0.4, -0.2) is 23.3 Å². The summed E-state index contributed by atoms with van der Waals surface area (Å²) in [6.45, 7) is 4.43. The third kappa shape index (κ3) is 4.53. The first-order chi connectivity index (χ1) is 12.0. The Morgan fingerprint density at radius 1 is 1.24 bits per heavy atom. The first kappa shape index (κ1) is 17.8. The van der Waals surface area contributed by atoms with Gasteiger partial charge in [-0.15, -0.1) is 22.7 Å². The average molecular weight is 392 g/mol. The lowest BCUT2D eigenvalue weighted by Gasteiger charge is -2.04. The number of nitrogens with one attached hydrogen (secondary N) is 2. The van der Waals surface area contributed by atoms with Crippen molar-refractivity contribution in [3.05, 3.63) is 43.6 Å². The average Bonchev–Trinajstić information content (AvgIpc) is 3.28. The maximum Gasteiger partial charge on any atom is 0.252 e. The fourth-order valence-electron chi connectivity index (χ4n) is 2.31. The van der Waals surface area contributed by atoms with Crippen LogP contribution >= 0.6 is 34.0 Å². The van der Waals surface area contributed by atoms with Crippen molar-refractivity contribution in [2.75, 3.05) is 11.9 Å². The summed E-state index contributed by atoms with van der Waals surface area (Å²) in [5, 5.41) is 11.7. The number of rotatable bonds is 6. The van der Waals surface area contributed by atoms with Gasteiger partial charge in [-0.2, -0.15) is 11.3 Å². The van der Waals surface area contributed by atoms with E-state index < -0.39 is 0 Å². The third-order valence-corrected chi connectivity index (χ3v) is 5.90. The van der Waals surface area contributed by atoms with Crippen LogP contribution in [0.4, 0.5) is 5.13 Å². The smallest absolute Gasteiger partial charge is 0.252 e. The van der Waals surface area contributed by atoms with E-state index >= 15 is 0 Å². The summed E-state index contributed by atoms with van der Waals surface area (Å²) in [6, 6.07) is 3.87. The number of carbonyl (C=O) groups excluding carboxylic acids is 2. The maximum atomic E-state index is 12.0. The highest BCUT2D eigenvalue weighted by atomic mass is 32.1. The Kier molecular flexibility index (Phi) is 5.62. The highest BCUT2D eigenvalue weighted by Crippen LogP contribution is 2.32.